The first-order valence-electron chi connectivity index (χ1n) is 7.08. The van der Waals surface area contributed by atoms with Gasteiger partial charge in [-0.3, -0.25) is 9.59 Å². The number of halogens is 1. The number of amides is 2. The molecule has 1 aromatic rings. The van der Waals surface area contributed by atoms with E-state index in [1.807, 2.05) is 0 Å². The fourth-order valence-corrected chi connectivity index (χ4v) is 2.73. The standard InChI is InChI=1S/C14H20FN3O4S/c1-3-16-14(20)10(2)18-13(19)8-9-17-23(21,22)12-6-4-11(15)5-7-12/h4-7,10,17H,3,8-9H2,1-2H3,(H,16,20)(H,18,19). The van der Waals surface area contributed by atoms with E-state index in [1.54, 1.807) is 6.92 Å². The van der Waals surface area contributed by atoms with Gasteiger partial charge in [-0.2, -0.15) is 0 Å². The SMILES string of the molecule is CCNC(=O)C(C)NC(=O)CCNS(=O)(=O)c1ccc(F)cc1. The number of carbonyl (C=O) groups excluding carboxylic acids is 2. The molecule has 0 radical (unpaired) electrons. The van der Waals surface area contributed by atoms with Crippen molar-refractivity contribution in [2.75, 3.05) is 13.1 Å². The van der Waals surface area contributed by atoms with Crippen molar-refractivity contribution in [1.82, 2.24) is 15.4 Å². The smallest absolute Gasteiger partial charge is 0.242 e. The van der Waals surface area contributed by atoms with Crippen molar-refractivity contribution in [3.63, 3.8) is 0 Å². The average Bonchev–Trinajstić information content (AvgIpc) is 2.47. The first-order chi connectivity index (χ1) is 10.8. The molecule has 0 saturated heterocycles. The highest BCUT2D eigenvalue weighted by Crippen LogP contribution is 2.09. The second-order valence-electron chi connectivity index (χ2n) is 4.79. The molecule has 2 amide bonds. The predicted molar refractivity (Wildman–Crippen MR) is 82.5 cm³/mol. The fourth-order valence-electron chi connectivity index (χ4n) is 1.70. The zero-order valence-electron chi connectivity index (χ0n) is 12.9. The molecule has 0 spiro atoms. The van der Waals surface area contributed by atoms with Crippen LogP contribution in [-0.2, 0) is 19.6 Å². The van der Waals surface area contributed by atoms with Gasteiger partial charge in [0.2, 0.25) is 21.8 Å². The number of sulfonamides is 1. The minimum atomic E-state index is -3.80. The first kappa shape index (κ1) is 19.0. The van der Waals surface area contributed by atoms with Gasteiger partial charge in [-0.05, 0) is 38.1 Å². The molecule has 3 N–H and O–H groups in total. The summed E-state index contributed by atoms with van der Waals surface area (Å²) in [6.45, 7) is 3.62. The summed E-state index contributed by atoms with van der Waals surface area (Å²) >= 11 is 0. The van der Waals surface area contributed by atoms with Crippen LogP contribution in [0.5, 0.6) is 0 Å². The Kier molecular flexibility index (Phi) is 7.11. The lowest BCUT2D eigenvalue weighted by atomic mass is 10.3. The Morgan fingerprint density at radius 2 is 1.83 bits per heavy atom. The van der Waals surface area contributed by atoms with E-state index in [-0.39, 0.29) is 23.8 Å². The first-order valence-corrected chi connectivity index (χ1v) is 8.57. The highest BCUT2D eigenvalue weighted by molar-refractivity contribution is 7.89. The largest absolute Gasteiger partial charge is 0.355 e. The maximum Gasteiger partial charge on any atom is 0.242 e. The number of carbonyl (C=O) groups is 2. The molecule has 0 aliphatic rings. The van der Waals surface area contributed by atoms with E-state index < -0.39 is 27.8 Å². The van der Waals surface area contributed by atoms with Gasteiger partial charge >= 0.3 is 0 Å². The summed E-state index contributed by atoms with van der Waals surface area (Å²) in [6, 6.07) is 3.64. The lowest BCUT2D eigenvalue weighted by Gasteiger charge is -2.13. The maximum atomic E-state index is 12.8. The molecule has 23 heavy (non-hydrogen) atoms. The van der Waals surface area contributed by atoms with E-state index in [2.05, 4.69) is 15.4 Å². The Bertz CT molecular complexity index is 646. The molecule has 0 aromatic heterocycles. The Labute approximate surface area is 134 Å². The van der Waals surface area contributed by atoms with Crippen LogP contribution in [0.4, 0.5) is 4.39 Å². The van der Waals surface area contributed by atoms with E-state index in [4.69, 9.17) is 0 Å². The molecular formula is C14H20FN3O4S. The second-order valence-corrected chi connectivity index (χ2v) is 6.55. The zero-order chi connectivity index (χ0) is 17.5. The third-order valence-electron chi connectivity index (χ3n) is 2.89. The molecule has 1 atom stereocenters. The molecule has 7 nitrogen and oxygen atoms in total. The Morgan fingerprint density at radius 3 is 2.39 bits per heavy atom. The number of benzene rings is 1. The van der Waals surface area contributed by atoms with E-state index in [0.717, 1.165) is 24.3 Å². The minimum absolute atomic E-state index is 0.0880. The number of nitrogens with one attached hydrogen (secondary N) is 3. The molecule has 1 rings (SSSR count). The van der Waals surface area contributed by atoms with Crippen molar-refractivity contribution < 1.29 is 22.4 Å². The van der Waals surface area contributed by atoms with Gasteiger partial charge in [0.05, 0.1) is 4.90 Å². The Morgan fingerprint density at radius 1 is 1.22 bits per heavy atom. The van der Waals surface area contributed by atoms with Gasteiger partial charge < -0.3 is 10.6 Å². The molecular weight excluding hydrogens is 325 g/mol. The van der Waals surface area contributed by atoms with Crippen molar-refractivity contribution in [3.05, 3.63) is 30.1 Å². The monoisotopic (exact) mass is 345 g/mol. The van der Waals surface area contributed by atoms with Crippen LogP contribution in [-0.4, -0.2) is 39.4 Å². The van der Waals surface area contributed by atoms with Gasteiger partial charge in [-0.15, -0.1) is 0 Å². The molecule has 1 aromatic carbocycles. The Hall–Kier alpha value is -2.00. The van der Waals surface area contributed by atoms with Crippen molar-refractivity contribution in [2.24, 2.45) is 0 Å². The summed E-state index contributed by atoms with van der Waals surface area (Å²) in [4.78, 5) is 23.0. The van der Waals surface area contributed by atoms with Gasteiger partial charge in [-0.25, -0.2) is 17.5 Å². The third-order valence-corrected chi connectivity index (χ3v) is 4.37. The molecule has 9 heteroatoms. The molecule has 128 valence electrons. The van der Waals surface area contributed by atoms with E-state index in [0.29, 0.717) is 6.54 Å². The lowest BCUT2D eigenvalue weighted by molar-refractivity contribution is -0.128. The minimum Gasteiger partial charge on any atom is -0.355 e. The van der Waals surface area contributed by atoms with E-state index >= 15 is 0 Å². The summed E-state index contributed by atoms with van der Waals surface area (Å²) in [7, 11) is -3.80. The number of likely N-dealkylation sites (N-methyl/N-ethyl adjacent to an activating group) is 1. The molecule has 0 fully saturated rings. The second kappa shape index (κ2) is 8.59. The molecule has 0 bridgehead atoms. The van der Waals surface area contributed by atoms with Crippen LogP contribution in [0, 0.1) is 5.82 Å². The van der Waals surface area contributed by atoms with Crippen LogP contribution in [0.2, 0.25) is 0 Å². The van der Waals surface area contributed by atoms with Gasteiger partial charge in [0.15, 0.2) is 0 Å². The van der Waals surface area contributed by atoms with Crippen molar-refractivity contribution >= 4 is 21.8 Å². The normalized spacial score (nSPS) is 12.5. The highest BCUT2D eigenvalue weighted by atomic mass is 32.2. The van der Waals surface area contributed by atoms with Crippen LogP contribution >= 0.6 is 0 Å². The van der Waals surface area contributed by atoms with Crippen LogP contribution < -0.4 is 15.4 Å². The number of hydrogen-bond donors (Lipinski definition) is 3. The maximum absolute atomic E-state index is 12.8. The summed E-state index contributed by atoms with van der Waals surface area (Å²) in [5.74, 6) is -1.30. The summed E-state index contributed by atoms with van der Waals surface area (Å²) in [6.07, 6.45) is -0.121. The molecule has 0 heterocycles. The zero-order valence-corrected chi connectivity index (χ0v) is 13.7. The van der Waals surface area contributed by atoms with Crippen LogP contribution in [0.15, 0.2) is 29.2 Å². The van der Waals surface area contributed by atoms with Crippen LogP contribution in [0.3, 0.4) is 0 Å². The van der Waals surface area contributed by atoms with Crippen molar-refractivity contribution in [3.8, 4) is 0 Å². The molecule has 0 aliphatic heterocycles. The van der Waals surface area contributed by atoms with Gasteiger partial charge in [0.25, 0.3) is 0 Å². The predicted octanol–water partition coefficient (Wildman–Crippen LogP) is 0.135. The van der Waals surface area contributed by atoms with Gasteiger partial charge in [-0.1, -0.05) is 0 Å². The summed E-state index contributed by atoms with van der Waals surface area (Å²) in [5.41, 5.74) is 0. The summed E-state index contributed by atoms with van der Waals surface area (Å²) < 4.78 is 38.8. The van der Waals surface area contributed by atoms with E-state index in [1.165, 1.54) is 6.92 Å². The molecule has 1 unspecified atom stereocenters. The summed E-state index contributed by atoms with van der Waals surface area (Å²) in [5, 5.41) is 5.02. The quantitative estimate of drug-likeness (QED) is 0.623. The molecule has 0 saturated carbocycles. The lowest BCUT2D eigenvalue weighted by Crippen LogP contribution is -2.45. The highest BCUT2D eigenvalue weighted by Gasteiger charge is 2.16. The molecule has 0 aliphatic carbocycles. The van der Waals surface area contributed by atoms with Crippen molar-refractivity contribution in [2.45, 2.75) is 31.2 Å². The van der Waals surface area contributed by atoms with Gasteiger partial charge in [0.1, 0.15) is 11.9 Å². The number of hydrogen-bond acceptors (Lipinski definition) is 4. The fraction of sp³-hybridized carbons (Fsp3) is 0.429. The number of rotatable bonds is 8. The Balaban J connectivity index is 2.45. The topological polar surface area (TPSA) is 104 Å². The van der Waals surface area contributed by atoms with Gasteiger partial charge in [0, 0.05) is 19.5 Å². The van der Waals surface area contributed by atoms with Crippen LogP contribution in [0.1, 0.15) is 20.3 Å². The van der Waals surface area contributed by atoms with Crippen molar-refractivity contribution in [1.29, 1.82) is 0 Å². The third kappa shape index (κ3) is 6.33. The van der Waals surface area contributed by atoms with E-state index in [9.17, 15) is 22.4 Å². The van der Waals surface area contributed by atoms with Crippen LogP contribution in [0.25, 0.3) is 0 Å². The average molecular weight is 345 g/mol.